The third-order valence-electron chi connectivity index (χ3n) is 4.72. The number of aryl methyl sites for hydroxylation is 1. The summed E-state index contributed by atoms with van der Waals surface area (Å²) in [4.78, 5) is 11.3. The van der Waals surface area contributed by atoms with Gasteiger partial charge >= 0.3 is 0 Å². The second-order valence-corrected chi connectivity index (χ2v) is 7.18. The topological polar surface area (TPSA) is 71.5 Å². The lowest BCUT2D eigenvalue weighted by Crippen LogP contribution is -2.52. The standard InChI is InChI=1S/C20H29N5O2/c1-13(2)25-10-15(11-25)12-27-18-9-16(6-7-17(18)26-5)23-20-22-14(3)8-19(21-4)24-20/h6-9,13,15H,10-12H2,1-5H3,(H2,21,22,23,24). The average molecular weight is 371 g/mol. The third-order valence-corrected chi connectivity index (χ3v) is 4.72. The number of nitrogens with one attached hydrogen (secondary N) is 2. The summed E-state index contributed by atoms with van der Waals surface area (Å²) in [6.07, 6.45) is 0. The summed E-state index contributed by atoms with van der Waals surface area (Å²) in [6, 6.07) is 8.25. The van der Waals surface area contributed by atoms with Crippen molar-refractivity contribution in [1.29, 1.82) is 0 Å². The molecule has 0 amide bonds. The number of likely N-dealkylation sites (tertiary alicyclic amines) is 1. The van der Waals surface area contributed by atoms with Gasteiger partial charge in [0.05, 0.1) is 13.7 Å². The molecule has 0 saturated carbocycles. The van der Waals surface area contributed by atoms with E-state index in [1.807, 2.05) is 38.2 Å². The van der Waals surface area contributed by atoms with Gasteiger partial charge in [-0.05, 0) is 32.9 Å². The molecule has 146 valence electrons. The number of benzene rings is 1. The molecule has 1 aromatic heterocycles. The van der Waals surface area contributed by atoms with Gasteiger partial charge < -0.3 is 25.0 Å². The molecule has 2 N–H and O–H groups in total. The van der Waals surface area contributed by atoms with Crippen LogP contribution in [0.1, 0.15) is 19.5 Å². The Bertz CT molecular complexity index is 775. The fraction of sp³-hybridized carbons (Fsp3) is 0.500. The maximum absolute atomic E-state index is 6.06. The van der Waals surface area contributed by atoms with E-state index < -0.39 is 0 Å². The summed E-state index contributed by atoms with van der Waals surface area (Å²) in [5.41, 5.74) is 1.75. The number of ether oxygens (including phenoxy) is 2. The number of hydrogen-bond donors (Lipinski definition) is 2. The van der Waals surface area contributed by atoms with Crippen molar-refractivity contribution in [2.24, 2.45) is 5.92 Å². The number of rotatable bonds is 8. The molecule has 7 heteroatoms. The van der Waals surface area contributed by atoms with E-state index in [2.05, 4.69) is 39.3 Å². The molecular formula is C20H29N5O2. The largest absolute Gasteiger partial charge is 0.493 e. The van der Waals surface area contributed by atoms with Crippen molar-refractivity contribution in [2.75, 3.05) is 44.5 Å². The zero-order chi connectivity index (χ0) is 19.4. The maximum atomic E-state index is 6.06. The zero-order valence-electron chi connectivity index (χ0n) is 16.7. The Morgan fingerprint density at radius 1 is 1.19 bits per heavy atom. The molecule has 1 aliphatic rings. The molecule has 27 heavy (non-hydrogen) atoms. The first-order valence-corrected chi connectivity index (χ1v) is 9.34. The predicted octanol–water partition coefficient (Wildman–Crippen LogP) is 3.30. The van der Waals surface area contributed by atoms with Crippen LogP contribution in [-0.2, 0) is 0 Å². The lowest BCUT2D eigenvalue weighted by Gasteiger charge is -2.41. The van der Waals surface area contributed by atoms with Crippen LogP contribution in [0, 0.1) is 12.8 Å². The van der Waals surface area contributed by atoms with Gasteiger partial charge in [0.15, 0.2) is 11.5 Å². The number of methoxy groups -OCH3 is 1. The number of aromatic nitrogens is 2. The van der Waals surface area contributed by atoms with Gasteiger partial charge in [0.25, 0.3) is 0 Å². The number of anilines is 3. The molecule has 2 heterocycles. The van der Waals surface area contributed by atoms with Crippen LogP contribution >= 0.6 is 0 Å². The molecule has 0 unspecified atom stereocenters. The molecule has 1 saturated heterocycles. The van der Waals surface area contributed by atoms with Gasteiger partial charge in [0.2, 0.25) is 5.95 Å². The van der Waals surface area contributed by atoms with E-state index in [0.717, 1.165) is 41.8 Å². The highest BCUT2D eigenvalue weighted by atomic mass is 16.5. The molecule has 0 radical (unpaired) electrons. The SMILES string of the molecule is CNc1cc(C)nc(Nc2ccc(OC)c(OCC3CN(C(C)C)C3)c2)n1. The predicted molar refractivity (Wildman–Crippen MR) is 108 cm³/mol. The quantitative estimate of drug-likeness (QED) is 0.738. The van der Waals surface area contributed by atoms with Crippen LogP contribution in [0.5, 0.6) is 11.5 Å². The van der Waals surface area contributed by atoms with E-state index in [-0.39, 0.29) is 0 Å². The van der Waals surface area contributed by atoms with Crippen molar-refractivity contribution >= 4 is 17.5 Å². The van der Waals surface area contributed by atoms with Gasteiger partial charge in [0, 0.05) is 55.6 Å². The van der Waals surface area contributed by atoms with Crippen LogP contribution in [-0.4, -0.2) is 54.8 Å². The Balaban J connectivity index is 1.67. The highest BCUT2D eigenvalue weighted by molar-refractivity contribution is 5.60. The van der Waals surface area contributed by atoms with Gasteiger partial charge in [-0.2, -0.15) is 4.98 Å². The van der Waals surface area contributed by atoms with E-state index in [9.17, 15) is 0 Å². The zero-order valence-corrected chi connectivity index (χ0v) is 16.7. The molecule has 0 bridgehead atoms. The average Bonchev–Trinajstić information content (AvgIpc) is 2.59. The molecule has 3 rings (SSSR count). The van der Waals surface area contributed by atoms with Crippen molar-refractivity contribution in [1.82, 2.24) is 14.9 Å². The Labute approximate surface area is 161 Å². The minimum absolute atomic E-state index is 0.544. The minimum Gasteiger partial charge on any atom is -0.493 e. The molecule has 0 spiro atoms. The van der Waals surface area contributed by atoms with Gasteiger partial charge in [0.1, 0.15) is 5.82 Å². The highest BCUT2D eigenvalue weighted by Crippen LogP contribution is 2.32. The van der Waals surface area contributed by atoms with E-state index >= 15 is 0 Å². The summed E-state index contributed by atoms with van der Waals surface area (Å²) in [7, 11) is 3.49. The summed E-state index contributed by atoms with van der Waals surface area (Å²) >= 11 is 0. The Kier molecular flexibility index (Phi) is 6.01. The molecule has 0 aliphatic carbocycles. The first kappa shape index (κ1) is 19.2. The summed E-state index contributed by atoms with van der Waals surface area (Å²) < 4.78 is 11.5. The van der Waals surface area contributed by atoms with Crippen LogP contribution < -0.4 is 20.1 Å². The van der Waals surface area contributed by atoms with Gasteiger partial charge in [-0.3, -0.25) is 0 Å². The Hall–Kier alpha value is -2.54. The molecular weight excluding hydrogens is 342 g/mol. The number of hydrogen-bond acceptors (Lipinski definition) is 7. The molecule has 1 aromatic carbocycles. The molecule has 1 fully saturated rings. The van der Waals surface area contributed by atoms with Crippen LogP contribution in [0.15, 0.2) is 24.3 Å². The second-order valence-electron chi connectivity index (χ2n) is 7.18. The highest BCUT2D eigenvalue weighted by Gasteiger charge is 2.29. The van der Waals surface area contributed by atoms with Crippen molar-refractivity contribution in [2.45, 2.75) is 26.8 Å². The fourth-order valence-corrected chi connectivity index (χ4v) is 3.09. The van der Waals surface area contributed by atoms with Gasteiger partial charge in [-0.25, -0.2) is 4.98 Å². The first-order valence-electron chi connectivity index (χ1n) is 9.34. The lowest BCUT2D eigenvalue weighted by atomic mass is 9.99. The normalized spacial score (nSPS) is 14.7. The van der Waals surface area contributed by atoms with Crippen molar-refractivity contribution < 1.29 is 9.47 Å². The Morgan fingerprint density at radius 2 is 1.96 bits per heavy atom. The van der Waals surface area contributed by atoms with Gasteiger partial charge in [-0.15, -0.1) is 0 Å². The van der Waals surface area contributed by atoms with Gasteiger partial charge in [-0.1, -0.05) is 0 Å². The molecule has 0 atom stereocenters. The Morgan fingerprint density at radius 3 is 2.63 bits per heavy atom. The van der Waals surface area contributed by atoms with E-state index in [1.165, 1.54) is 0 Å². The molecule has 7 nitrogen and oxygen atoms in total. The van der Waals surface area contributed by atoms with Crippen LogP contribution in [0.4, 0.5) is 17.5 Å². The molecule has 2 aromatic rings. The summed E-state index contributed by atoms with van der Waals surface area (Å²) in [5.74, 6) is 3.33. The summed E-state index contributed by atoms with van der Waals surface area (Å²) in [5, 5.41) is 6.28. The van der Waals surface area contributed by atoms with Crippen molar-refractivity contribution in [3.8, 4) is 11.5 Å². The lowest BCUT2D eigenvalue weighted by molar-refractivity contribution is 0.0369. The smallest absolute Gasteiger partial charge is 0.229 e. The number of nitrogens with zero attached hydrogens (tertiary/aromatic N) is 3. The monoisotopic (exact) mass is 371 g/mol. The molecule has 1 aliphatic heterocycles. The maximum Gasteiger partial charge on any atom is 0.229 e. The van der Waals surface area contributed by atoms with Crippen LogP contribution in [0.2, 0.25) is 0 Å². The van der Waals surface area contributed by atoms with E-state index in [0.29, 0.717) is 24.5 Å². The summed E-state index contributed by atoms with van der Waals surface area (Å²) in [6.45, 7) is 9.25. The minimum atomic E-state index is 0.544. The van der Waals surface area contributed by atoms with E-state index in [4.69, 9.17) is 9.47 Å². The van der Waals surface area contributed by atoms with Crippen molar-refractivity contribution in [3.05, 3.63) is 30.0 Å². The third kappa shape index (κ3) is 4.80. The fourth-order valence-electron chi connectivity index (χ4n) is 3.09. The first-order chi connectivity index (χ1) is 13.0. The van der Waals surface area contributed by atoms with Crippen LogP contribution in [0.3, 0.4) is 0 Å². The second kappa shape index (κ2) is 8.43. The van der Waals surface area contributed by atoms with Crippen molar-refractivity contribution in [3.63, 3.8) is 0 Å². The van der Waals surface area contributed by atoms with E-state index in [1.54, 1.807) is 7.11 Å². The van der Waals surface area contributed by atoms with Crippen LogP contribution in [0.25, 0.3) is 0 Å².